The van der Waals surface area contributed by atoms with Crippen molar-refractivity contribution in [3.05, 3.63) is 53.6 Å². The number of nitrogens with one attached hydrogen (secondary N) is 2. The number of anilines is 1. The van der Waals surface area contributed by atoms with Gasteiger partial charge in [0.05, 0.1) is 6.54 Å². The molecule has 0 saturated carbocycles. The van der Waals surface area contributed by atoms with Gasteiger partial charge in [-0.05, 0) is 35.9 Å². The molecule has 7 heteroatoms. The smallest absolute Gasteiger partial charge is 0.407 e. The molecular formula is C17H14N2O5. The lowest BCUT2D eigenvalue weighted by molar-refractivity contribution is 0.102. The highest BCUT2D eigenvalue weighted by molar-refractivity contribution is 6.04. The summed E-state index contributed by atoms with van der Waals surface area (Å²) in [7, 11) is 0. The zero-order valence-electron chi connectivity index (χ0n) is 12.6. The second-order valence-corrected chi connectivity index (χ2v) is 5.42. The first-order valence-electron chi connectivity index (χ1n) is 7.44. The molecule has 7 nitrogen and oxygen atoms in total. The van der Waals surface area contributed by atoms with Crippen LogP contribution in [-0.4, -0.2) is 25.3 Å². The summed E-state index contributed by atoms with van der Waals surface area (Å²) in [4.78, 5) is 23.4. The van der Waals surface area contributed by atoms with Crippen LogP contribution in [0, 0.1) is 0 Å². The molecule has 0 radical (unpaired) electrons. The molecule has 24 heavy (non-hydrogen) atoms. The minimum atomic E-state index is -0.416. The Labute approximate surface area is 137 Å². The molecule has 2 aromatic carbocycles. The number of amides is 2. The molecule has 0 aromatic heterocycles. The zero-order chi connectivity index (χ0) is 16.5. The molecule has 1 unspecified atom stereocenters. The summed E-state index contributed by atoms with van der Waals surface area (Å²) >= 11 is 0. The van der Waals surface area contributed by atoms with Crippen LogP contribution in [-0.2, 0) is 4.74 Å². The van der Waals surface area contributed by atoms with E-state index in [9.17, 15) is 9.59 Å². The van der Waals surface area contributed by atoms with E-state index < -0.39 is 6.09 Å². The lowest BCUT2D eigenvalue weighted by Crippen LogP contribution is -2.12. The van der Waals surface area contributed by atoms with E-state index in [1.807, 2.05) is 12.1 Å². The van der Waals surface area contributed by atoms with Crippen molar-refractivity contribution in [1.29, 1.82) is 0 Å². The Bertz CT molecular complexity index is 803. The van der Waals surface area contributed by atoms with Gasteiger partial charge in [-0.15, -0.1) is 0 Å². The molecule has 0 aliphatic carbocycles. The number of hydrogen-bond acceptors (Lipinski definition) is 5. The van der Waals surface area contributed by atoms with Crippen LogP contribution in [0.2, 0.25) is 0 Å². The predicted molar refractivity (Wildman–Crippen MR) is 84.2 cm³/mol. The van der Waals surface area contributed by atoms with Crippen molar-refractivity contribution in [2.24, 2.45) is 0 Å². The van der Waals surface area contributed by atoms with E-state index in [1.54, 1.807) is 30.3 Å². The maximum absolute atomic E-state index is 12.3. The van der Waals surface area contributed by atoms with Gasteiger partial charge in [0, 0.05) is 11.3 Å². The molecule has 2 aliphatic rings. The molecule has 4 rings (SSSR count). The van der Waals surface area contributed by atoms with Gasteiger partial charge >= 0.3 is 6.09 Å². The first-order chi connectivity index (χ1) is 11.7. The Morgan fingerprint density at radius 2 is 1.88 bits per heavy atom. The van der Waals surface area contributed by atoms with Crippen molar-refractivity contribution < 1.29 is 23.8 Å². The van der Waals surface area contributed by atoms with Gasteiger partial charge in [0.15, 0.2) is 11.5 Å². The number of carbonyl (C=O) groups excluding carboxylic acids is 2. The first-order valence-corrected chi connectivity index (χ1v) is 7.44. The Balaban J connectivity index is 1.45. The normalized spacial score (nSPS) is 18.0. The fraction of sp³-hybridized carbons (Fsp3) is 0.176. The fourth-order valence-electron chi connectivity index (χ4n) is 2.60. The zero-order valence-corrected chi connectivity index (χ0v) is 12.6. The van der Waals surface area contributed by atoms with E-state index in [-0.39, 0.29) is 18.8 Å². The summed E-state index contributed by atoms with van der Waals surface area (Å²) in [6.07, 6.45) is -0.712. The van der Waals surface area contributed by atoms with Gasteiger partial charge in [-0.2, -0.15) is 0 Å². The standard InChI is InChI=1S/C17H14N2O5/c20-16(11-3-6-13-14(7-11)23-9-22-13)19-12-4-1-10(2-5-12)15-8-18-17(21)24-15/h1-7,15H,8-9H2,(H,18,21)(H,19,20). The highest BCUT2D eigenvalue weighted by Gasteiger charge is 2.24. The molecule has 1 saturated heterocycles. The van der Waals surface area contributed by atoms with Crippen molar-refractivity contribution in [2.45, 2.75) is 6.10 Å². The Morgan fingerprint density at radius 3 is 2.62 bits per heavy atom. The molecule has 0 bridgehead atoms. The predicted octanol–water partition coefficient (Wildman–Crippen LogP) is 2.45. The molecule has 2 aromatic rings. The maximum Gasteiger partial charge on any atom is 0.407 e. The van der Waals surface area contributed by atoms with Gasteiger partial charge < -0.3 is 24.8 Å². The Morgan fingerprint density at radius 1 is 1.08 bits per heavy atom. The van der Waals surface area contributed by atoms with E-state index in [4.69, 9.17) is 14.2 Å². The van der Waals surface area contributed by atoms with Gasteiger partial charge in [-0.25, -0.2) is 4.79 Å². The lowest BCUT2D eigenvalue weighted by atomic mass is 10.1. The van der Waals surface area contributed by atoms with Crippen LogP contribution in [0.25, 0.3) is 0 Å². The van der Waals surface area contributed by atoms with E-state index in [1.165, 1.54) is 0 Å². The summed E-state index contributed by atoms with van der Waals surface area (Å²) in [6.45, 7) is 0.615. The van der Waals surface area contributed by atoms with E-state index in [0.29, 0.717) is 29.3 Å². The van der Waals surface area contributed by atoms with Crippen LogP contribution in [0.5, 0.6) is 11.5 Å². The van der Waals surface area contributed by atoms with E-state index in [0.717, 1.165) is 5.56 Å². The van der Waals surface area contributed by atoms with Crippen LogP contribution in [0.4, 0.5) is 10.5 Å². The number of fused-ring (bicyclic) bond motifs is 1. The van der Waals surface area contributed by atoms with Gasteiger partial charge in [0.25, 0.3) is 5.91 Å². The fourth-order valence-corrected chi connectivity index (χ4v) is 2.60. The summed E-state index contributed by atoms with van der Waals surface area (Å²) in [5.41, 5.74) is 2.00. The van der Waals surface area contributed by atoms with Crippen molar-refractivity contribution in [2.75, 3.05) is 18.7 Å². The third-order valence-electron chi connectivity index (χ3n) is 3.86. The highest BCUT2D eigenvalue weighted by atomic mass is 16.7. The van der Waals surface area contributed by atoms with Gasteiger partial charge in [0.2, 0.25) is 6.79 Å². The van der Waals surface area contributed by atoms with Crippen LogP contribution in [0.15, 0.2) is 42.5 Å². The summed E-state index contributed by atoms with van der Waals surface area (Å²) in [5, 5.41) is 5.42. The molecule has 1 fully saturated rings. The van der Waals surface area contributed by atoms with Crippen molar-refractivity contribution in [1.82, 2.24) is 5.32 Å². The number of cyclic esters (lactones) is 1. The lowest BCUT2D eigenvalue weighted by Gasteiger charge is -2.10. The van der Waals surface area contributed by atoms with Gasteiger partial charge in [-0.3, -0.25) is 4.79 Å². The summed E-state index contributed by atoms with van der Waals surface area (Å²) in [5.74, 6) is 0.958. The summed E-state index contributed by atoms with van der Waals surface area (Å²) < 4.78 is 15.6. The van der Waals surface area contributed by atoms with E-state index in [2.05, 4.69) is 10.6 Å². The minimum absolute atomic E-state index is 0.169. The largest absolute Gasteiger partial charge is 0.454 e. The number of hydrogen-bond donors (Lipinski definition) is 2. The Kier molecular flexibility index (Phi) is 3.45. The topological polar surface area (TPSA) is 85.9 Å². The molecule has 122 valence electrons. The molecule has 2 amide bonds. The molecule has 0 spiro atoms. The van der Waals surface area contributed by atoms with Gasteiger partial charge in [0.1, 0.15) is 6.10 Å². The van der Waals surface area contributed by atoms with E-state index >= 15 is 0 Å². The monoisotopic (exact) mass is 326 g/mol. The third kappa shape index (κ3) is 2.71. The van der Waals surface area contributed by atoms with Crippen LogP contribution in [0.1, 0.15) is 22.0 Å². The second kappa shape index (κ2) is 5.77. The number of ether oxygens (including phenoxy) is 3. The minimum Gasteiger partial charge on any atom is -0.454 e. The Hall–Kier alpha value is -3.22. The van der Waals surface area contributed by atoms with Crippen molar-refractivity contribution in [3.63, 3.8) is 0 Å². The second-order valence-electron chi connectivity index (χ2n) is 5.42. The SMILES string of the molecule is O=C1NCC(c2ccc(NC(=O)c3ccc4c(c3)OCO4)cc2)O1. The number of carbonyl (C=O) groups is 2. The van der Waals surface area contributed by atoms with Crippen molar-refractivity contribution >= 4 is 17.7 Å². The molecule has 2 N–H and O–H groups in total. The highest BCUT2D eigenvalue weighted by Crippen LogP contribution is 2.32. The number of alkyl carbamates (subject to hydrolysis) is 1. The molecular weight excluding hydrogens is 312 g/mol. The van der Waals surface area contributed by atoms with Crippen LogP contribution < -0.4 is 20.1 Å². The molecule has 1 atom stereocenters. The van der Waals surface area contributed by atoms with Crippen LogP contribution >= 0.6 is 0 Å². The maximum atomic E-state index is 12.3. The summed E-state index contributed by atoms with van der Waals surface area (Å²) in [6, 6.07) is 12.2. The quantitative estimate of drug-likeness (QED) is 0.905. The van der Waals surface area contributed by atoms with Gasteiger partial charge in [-0.1, -0.05) is 12.1 Å². The average Bonchev–Trinajstić information content (AvgIpc) is 3.23. The van der Waals surface area contributed by atoms with Crippen LogP contribution in [0.3, 0.4) is 0 Å². The molecule has 2 aliphatic heterocycles. The number of benzene rings is 2. The third-order valence-corrected chi connectivity index (χ3v) is 3.86. The first kappa shape index (κ1) is 14.4. The molecule has 2 heterocycles. The van der Waals surface area contributed by atoms with Crippen molar-refractivity contribution in [3.8, 4) is 11.5 Å². The average molecular weight is 326 g/mol. The number of rotatable bonds is 3.